The van der Waals surface area contributed by atoms with Crippen molar-refractivity contribution in [2.75, 3.05) is 6.54 Å². The van der Waals surface area contributed by atoms with Crippen LogP contribution in [-0.4, -0.2) is 12.6 Å². The molecule has 1 aliphatic carbocycles. The van der Waals surface area contributed by atoms with Crippen molar-refractivity contribution in [2.24, 2.45) is 5.92 Å². The van der Waals surface area contributed by atoms with E-state index in [-0.39, 0.29) is 0 Å². The van der Waals surface area contributed by atoms with Crippen molar-refractivity contribution in [1.82, 2.24) is 5.32 Å². The molecule has 2 rings (SSSR count). The molecule has 0 amide bonds. The lowest BCUT2D eigenvalue weighted by molar-refractivity contribution is 0.462. The summed E-state index contributed by atoms with van der Waals surface area (Å²) in [5, 5.41) is 3.68. The van der Waals surface area contributed by atoms with Gasteiger partial charge in [-0.3, -0.25) is 0 Å². The van der Waals surface area contributed by atoms with Gasteiger partial charge in [0.25, 0.3) is 0 Å². The molecule has 1 fully saturated rings. The molecule has 0 aliphatic heterocycles. The van der Waals surface area contributed by atoms with Crippen LogP contribution >= 0.6 is 27.3 Å². The minimum absolute atomic E-state index is 0.718. The Hall–Kier alpha value is 0.140. The predicted octanol–water partition coefficient (Wildman–Crippen LogP) is 3.83. The van der Waals surface area contributed by atoms with Crippen molar-refractivity contribution < 1.29 is 0 Å². The summed E-state index contributed by atoms with van der Waals surface area (Å²) in [4.78, 5) is 1.50. The molecule has 1 N–H and O–H groups in total. The monoisotopic (exact) mass is 287 g/mol. The predicted molar refractivity (Wildman–Crippen MR) is 70.5 cm³/mol. The molecule has 0 bridgehead atoms. The lowest BCUT2D eigenvalue weighted by Crippen LogP contribution is -2.33. The fourth-order valence-electron chi connectivity index (χ4n) is 1.91. The third-order valence-corrected chi connectivity index (χ3v) is 4.54. The summed E-state index contributed by atoms with van der Waals surface area (Å²) in [6.45, 7) is 3.40. The average Bonchev–Trinajstić information content (AvgIpc) is 2.98. The van der Waals surface area contributed by atoms with Gasteiger partial charge >= 0.3 is 0 Å². The van der Waals surface area contributed by atoms with Gasteiger partial charge in [-0.05, 0) is 66.2 Å². The molecule has 0 saturated heterocycles. The second kappa shape index (κ2) is 5.46. The lowest BCUT2D eigenvalue weighted by Gasteiger charge is -2.16. The van der Waals surface area contributed by atoms with E-state index in [1.807, 2.05) is 11.3 Å². The van der Waals surface area contributed by atoms with E-state index in [4.69, 9.17) is 0 Å². The van der Waals surface area contributed by atoms with Crippen LogP contribution in [0.3, 0.4) is 0 Å². The number of rotatable bonds is 6. The third-order valence-electron chi connectivity index (χ3n) is 2.90. The van der Waals surface area contributed by atoms with Gasteiger partial charge in [-0.1, -0.05) is 6.92 Å². The van der Waals surface area contributed by atoms with Crippen LogP contribution in [0.4, 0.5) is 0 Å². The Morgan fingerprint density at radius 1 is 1.53 bits per heavy atom. The van der Waals surface area contributed by atoms with Gasteiger partial charge in [0.05, 0.1) is 3.79 Å². The van der Waals surface area contributed by atoms with Gasteiger partial charge in [-0.2, -0.15) is 0 Å². The Morgan fingerprint density at radius 3 is 2.87 bits per heavy atom. The Balaban J connectivity index is 1.88. The Labute approximate surface area is 104 Å². The fraction of sp³-hybridized carbons (Fsp3) is 0.667. The third kappa shape index (κ3) is 3.58. The Kier molecular flexibility index (Phi) is 4.23. The topological polar surface area (TPSA) is 12.0 Å². The molecule has 1 unspecified atom stereocenters. The molecule has 0 aromatic carbocycles. The quantitative estimate of drug-likeness (QED) is 0.839. The molecule has 1 nitrogen and oxygen atoms in total. The van der Waals surface area contributed by atoms with Gasteiger partial charge in [0, 0.05) is 10.9 Å². The van der Waals surface area contributed by atoms with E-state index < -0.39 is 0 Å². The van der Waals surface area contributed by atoms with Crippen LogP contribution in [0.15, 0.2) is 15.9 Å². The van der Waals surface area contributed by atoms with Gasteiger partial charge in [0.2, 0.25) is 0 Å². The zero-order valence-electron chi connectivity index (χ0n) is 9.13. The SMILES string of the molecule is CCCNC(Cc1ccc(Br)s1)C1CC1. The summed E-state index contributed by atoms with van der Waals surface area (Å²) < 4.78 is 1.25. The van der Waals surface area contributed by atoms with Gasteiger partial charge in [-0.25, -0.2) is 0 Å². The molecule has 1 heterocycles. The number of nitrogens with one attached hydrogen (secondary N) is 1. The van der Waals surface area contributed by atoms with Crippen molar-refractivity contribution in [3.63, 3.8) is 0 Å². The molecule has 1 saturated carbocycles. The number of thiophene rings is 1. The van der Waals surface area contributed by atoms with Crippen molar-refractivity contribution in [3.05, 3.63) is 20.8 Å². The second-order valence-electron chi connectivity index (χ2n) is 4.31. The average molecular weight is 288 g/mol. The van der Waals surface area contributed by atoms with Crippen LogP contribution in [0.25, 0.3) is 0 Å². The molecule has 0 radical (unpaired) electrons. The zero-order valence-corrected chi connectivity index (χ0v) is 11.5. The number of halogens is 1. The normalized spacial score (nSPS) is 18.0. The molecular weight excluding hydrogens is 270 g/mol. The first kappa shape index (κ1) is 11.6. The minimum Gasteiger partial charge on any atom is -0.313 e. The van der Waals surface area contributed by atoms with Gasteiger partial charge in [0.15, 0.2) is 0 Å². The Morgan fingerprint density at radius 2 is 2.33 bits per heavy atom. The maximum Gasteiger partial charge on any atom is 0.0701 e. The van der Waals surface area contributed by atoms with Crippen LogP contribution in [-0.2, 0) is 6.42 Å². The molecule has 0 spiro atoms. The van der Waals surface area contributed by atoms with E-state index in [0.29, 0.717) is 0 Å². The maximum absolute atomic E-state index is 3.68. The zero-order chi connectivity index (χ0) is 10.7. The molecule has 1 aromatic rings. The summed E-state index contributed by atoms with van der Waals surface area (Å²) >= 11 is 5.40. The fourth-order valence-corrected chi connectivity index (χ4v) is 3.45. The molecule has 1 aromatic heterocycles. The van der Waals surface area contributed by atoms with Crippen LogP contribution in [0.1, 0.15) is 31.1 Å². The molecule has 1 atom stereocenters. The summed E-state index contributed by atoms with van der Waals surface area (Å²) in [6.07, 6.45) is 5.29. The van der Waals surface area contributed by atoms with E-state index in [0.717, 1.165) is 18.5 Å². The van der Waals surface area contributed by atoms with Crippen LogP contribution in [0.2, 0.25) is 0 Å². The largest absolute Gasteiger partial charge is 0.313 e. The molecule has 1 aliphatic rings. The van der Waals surface area contributed by atoms with Crippen molar-refractivity contribution >= 4 is 27.3 Å². The van der Waals surface area contributed by atoms with Crippen molar-refractivity contribution in [3.8, 4) is 0 Å². The molecular formula is C12H18BrNS. The van der Waals surface area contributed by atoms with E-state index in [1.54, 1.807) is 0 Å². The first-order chi connectivity index (χ1) is 7.29. The van der Waals surface area contributed by atoms with Crippen LogP contribution < -0.4 is 5.32 Å². The highest BCUT2D eigenvalue weighted by molar-refractivity contribution is 9.11. The lowest BCUT2D eigenvalue weighted by atomic mass is 10.1. The Bertz CT molecular complexity index is 306. The van der Waals surface area contributed by atoms with E-state index in [2.05, 4.69) is 40.3 Å². The second-order valence-corrected chi connectivity index (χ2v) is 6.86. The summed E-state index contributed by atoms with van der Waals surface area (Å²) in [6, 6.07) is 5.12. The van der Waals surface area contributed by atoms with Crippen LogP contribution in [0.5, 0.6) is 0 Å². The highest BCUT2D eigenvalue weighted by Crippen LogP contribution is 2.35. The standard InChI is InChI=1S/C12H18BrNS/c1-2-7-14-11(9-3-4-9)8-10-5-6-12(13)15-10/h5-6,9,11,14H,2-4,7-8H2,1H3. The molecule has 84 valence electrons. The molecule has 3 heteroatoms. The van der Waals surface area contributed by atoms with E-state index in [1.165, 1.54) is 34.3 Å². The maximum atomic E-state index is 3.68. The summed E-state index contributed by atoms with van der Waals surface area (Å²) in [5.41, 5.74) is 0. The van der Waals surface area contributed by atoms with E-state index in [9.17, 15) is 0 Å². The first-order valence-electron chi connectivity index (χ1n) is 5.77. The smallest absolute Gasteiger partial charge is 0.0701 e. The van der Waals surface area contributed by atoms with E-state index >= 15 is 0 Å². The molecule has 15 heavy (non-hydrogen) atoms. The summed E-state index contributed by atoms with van der Waals surface area (Å²) in [5.74, 6) is 0.942. The highest BCUT2D eigenvalue weighted by atomic mass is 79.9. The minimum atomic E-state index is 0.718. The van der Waals surface area contributed by atoms with Crippen molar-refractivity contribution in [2.45, 2.75) is 38.6 Å². The van der Waals surface area contributed by atoms with Gasteiger partial charge in [-0.15, -0.1) is 11.3 Å². The number of hydrogen-bond donors (Lipinski definition) is 1. The first-order valence-corrected chi connectivity index (χ1v) is 7.38. The van der Waals surface area contributed by atoms with Gasteiger partial charge in [0.1, 0.15) is 0 Å². The summed E-state index contributed by atoms with van der Waals surface area (Å²) in [7, 11) is 0. The van der Waals surface area contributed by atoms with Crippen LogP contribution in [0, 0.1) is 5.92 Å². The highest BCUT2D eigenvalue weighted by Gasteiger charge is 2.30. The van der Waals surface area contributed by atoms with Crippen molar-refractivity contribution in [1.29, 1.82) is 0 Å². The number of hydrogen-bond acceptors (Lipinski definition) is 2. The van der Waals surface area contributed by atoms with Gasteiger partial charge < -0.3 is 5.32 Å².